The highest BCUT2D eigenvalue weighted by Gasteiger charge is 1.99. The molecule has 1 rings (SSSR count). The van der Waals surface area contributed by atoms with Crippen molar-refractivity contribution in [3.8, 4) is 5.75 Å². The second-order valence-corrected chi connectivity index (χ2v) is 2.09. The van der Waals surface area contributed by atoms with E-state index in [4.69, 9.17) is 10.6 Å². The molecule has 0 amide bonds. The molecule has 0 fully saturated rings. The fourth-order valence-corrected chi connectivity index (χ4v) is 0.764. The number of ether oxygens (including phenoxy) is 1. The summed E-state index contributed by atoms with van der Waals surface area (Å²) in [6.07, 6.45) is 3.29. The van der Waals surface area contributed by atoms with Crippen molar-refractivity contribution in [2.24, 2.45) is 5.84 Å². The Labute approximate surface area is 71.0 Å². The van der Waals surface area contributed by atoms with Crippen LogP contribution in [0.15, 0.2) is 31.0 Å². The van der Waals surface area contributed by atoms with E-state index in [2.05, 4.69) is 17.0 Å². The molecule has 12 heavy (non-hydrogen) atoms. The van der Waals surface area contributed by atoms with Crippen LogP contribution >= 0.6 is 0 Å². The van der Waals surface area contributed by atoms with Gasteiger partial charge in [-0.3, -0.25) is 0 Å². The number of nitrogens with zero attached hydrogens (tertiary/aromatic N) is 1. The second kappa shape index (κ2) is 4.35. The molecule has 64 valence electrons. The minimum absolute atomic E-state index is 0.445. The number of rotatable bonds is 4. The van der Waals surface area contributed by atoms with Gasteiger partial charge >= 0.3 is 0 Å². The van der Waals surface area contributed by atoms with Crippen LogP contribution in [0.1, 0.15) is 0 Å². The van der Waals surface area contributed by atoms with E-state index in [1.807, 2.05) is 0 Å². The van der Waals surface area contributed by atoms with Gasteiger partial charge < -0.3 is 10.2 Å². The largest absolute Gasteiger partial charge is 0.486 e. The zero-order valence-electron chi connectivity index (χ0n) is 6.66. The van der Waals surface area contributed by atoms with Gasteiger partial charge in [0.25, 0.3) is 0 Å². The van der Waals surface area contributed by atoms with Crippen molar-refractivity contribution in [1.82, 2.24) is 4.98 Å². The lowest BCUT2D eigenvalue weighted by Crippen LogP contribution is -2.10. The van der Waals surface area contributed by atoms with Crippen LogP contribution in [0.4, 0.5) is 5.82 Å². The number of hydrogen-bond donors (Lipinski definition) is 2. The van der Waals surface area contributed by atoms with Crippen molar-refractivity contribution in [2.45, 2.75) is 0 Å². The Morgan fingerprint density at radius 1 is 1.75 bits per heavy atom. The molecule has 0 aromatic carbocycles. The molecule has 1 aromatic rings. The van der Waals surface area contributed by atoms with E-state index in [0.29, 0.717) is 18.2 Å². The molecule has 4 heteroatoms. The summed E-state index contributed by atoms with van der Waals surface area (Å²) in [7, 11) is 0. The lowest BCUT2D eigenvalue weighted by Gasteiger charge is -2.06. The predicted molar refractivity (Wildman–Crippen MR) is 47.7 cm³/mol. The number of nitrogen functional groups attached to an aromatic ring is 1. The SMILES string of the molecule is C=CCOc1cccnc1NN. The zero-order chi connectivity index (χ0) is 8.81. The first kappa shape index (κ1) is 8.55. The number of anilines is 1. The topological polar surface area (TPSA) is 60.2 Å². The number of nitrogens with one attached hydrogen (secondary N) is 1. The van der Waals surface area contributed by atoms with E-state index in [9.17, 15) is 0 Å². The minimum Gasteiger partial charge on any atom is -0.486 e. The molecule has 0 bridgehead atoms. The highest BCUT2D eigenvalue weighted by atomic mass is 16.5. The van der Waals surface area contributed by atoms with Crippen molar-refractivity contribution >= 4 is 5.82 Å². The molecular formula is C8H11N3O. The number of aromatic nitrogens is 1. The maximum absolute atomic E-state index is 5.25. The Morgan fingerprint density at radius 3 is 3.25 bits per heavy atom. The molecule has 0 radical (unpaired) electrons. The number of nitrogens with two attached hydrogens (primary N) is 1. The molecule has 0 saturated carbocycles. The molecule has 0 aliphatic rings. The first-order valence-corrected chi connectivity index (χ1v) is 3.54. The second-order valence-electron chi connectivity index (χ2n) is 2.09. The maximum Gasteiger partial charge on any atom is 0.182 e. The third kappa shape index (κ3) is 1.96. The van der Waals surface area contributed by atoms with Crippen LogP contribution in [0.25, 0.3) is 0 Å². The summed E-state index contributed by atoms with van der Waals surface area (Å²) >= 11 is 0. The van der Waals surface area contributed by atoms with Crippen molar-refractivity contribution < 1.29 is 4.74 Å². The molecule has 3 N–H and O–H groups in total. The van der Waals surface area contributed by atoms with Gasteiger partial charge in [0.05, 0.1) is 0 Å². The van der Waals surface area contributed by atoms with Crippen molar-refractivity contribution in [3.63, 3.8) is 0 Å². The third-order valence-electron chi connectivity index (χ3n) is 1.26. The molecule has 0 unspecified atom stereocenters. The lowest BCUT2D eigenvalue weighted by molar-refractivity contribution is 0.363. The summed E-state index contributed by atoms with van der Waals surface area (Å²) in [5.41, 5.74) is 2.43. The average Bonchev–Trinajstić information content (AvgIpc) is 2.15. The summed E-state index contributed by atoms with van der Waals surface area (Å²) in [4.78, 5) is 3.95. The van der Waals surface area contributed by atoms with Crippen molar-refractivity contribution in [3.05, 3.63) is 31.0 Å². The fraction of sp³-hybridized carbons (Fsp3) is 0.125. The average molecular weight is 165 g/mol. The van der Waals surface area contributed by atoms with Crippen molar-refractivity contribution in [2.75, 3.05) is 12.0 Å². The van der Waals surface area contributed by atoms with E-state index in [0.717, 1.165) is 0 Å². The predicted octanol–water partition coefficient (Wildman–Crippen LogP) is 0.932. The van der Waals surface area contributed by atoms with Gasteiger partial charge in [0.1, 0.15) is 6.61 Å². The quantitative estimate of drug-likeness (QED) is 0.396. The van der Waals surface area contributed by atoms with E-state index in [-0.39, 0.29) is 0 Å². The normalized spacial score (nSPS) is 9.08. The minimum atomic E-state index is 0.445. The Hall–Kier alpha value is -1.55. The van der Waals surface area contributed by atoms with Crippen LogP contribution in [0, 0.1) is 0 Å². The summed E-state index contributed by atoms with van der Waals surface area (Å²) in [5.74, 6) is 6.36. The standard InChI is InChI=1S/C8H11N3O/c1-2-6-12-7-4-3-5-10-8(7)11-9/h2-5H,1,6,9H2,(H,10,11). The summed E-state index contributed by atoms with van der Waals surface area (Å²) < 4.78 is 5.25. The number of pyridine rings is 1. The van der Waals surface area contributed by atoms with E-state index >= 15 is 0 Å². The van der Waals surface area contributed by atoms with Gasteiger partial charge in [-0.15, -0.1) is 0 Å². The van der Waals surface area contributed by atoms with Gasteiger partial charge in [-0.25, -0.2) is 10.8 Å². The number of hydrazine groups is 1. The smallest absolute Gasteiger partial charge is 0.182 e. The maximum atomic E-state index is 5.25. The lowest BCUT2D eigenvalue weighted by atomic mass is 10.4. The summed E-state index contributed by atoms with van der Waals surface area (Å²) in [5, 5.41) is 0. The van der Waals surface area contributed by atoms with Gasteiger partial charge in [0, 0.05) is 6.20 Å². The highest BCUT2D eigenvalue weighted by Crippen LogP contribution is 2.18. The fourth-order valence-electron chi connectivity index (χ4n) is 0.764. The molecule has 1 heterocycles. The molecule has 0 aliphatic carbocycles. The van der Waals surface area contributed by atoms with Crippen molar-refractivity contribution in [1.29, 1.82) is 0 Å². The van der Waals surface area contributed by atoms with Crippen LogP contribution in [0.2, 0.25) is 0 Å². The van der Waals surface area contributed by atoms with E-state index in [1.165, 1.54) is 0 Å². The van der Waals surface area contributed by atoms with E-state index < -0.39 is 0 Å². The van der Waals surface area contributed by atoms with Gasteiger partial charge in [-0.2, -0.15) is 0 Å². The molecule has 0 atom stereocenters. The van der Waals surface area contributed by atoms with E-state index in [1.54, 1.807) is 24.4 Å². The van der Waals surface area contributed by atoms with Crippen LogP contribution < -0.4 is 16.0 Å². The molecule has 0 aliphatic heterocycles. The third-order valence-corrected chi connectivity index (χ3v) is 1.26. The number of hydrogen-bond acceptors (Lipinski definition) is 4. The van der Waals surface area contributed by atoms with Gasteiger partial charge in [-0.1, -0.05) is 12.7 Å². The first-order chi connectivity index (χ1) is 5.88. The van der Waals surface area contributed by atoms with Crippen LogP contribution in [0.5, 0.6) is 5.75 Å². The van der Waals surface area contributed by atoms with Gasteiger partial charge in [-0.05, 0) is 12.1 Å². The molecule has 4 nitrogen and oxygen atoms in total. The first-order valence-electron chi connectivity index (χ1n) is 3.54. The Balaban J connectivity index is 2.74. The van der Waals surface area contributed by atoms with Crippen LogP contribution in [-0.4, -0.2) is 11.6 Å². The molecular weight excluding hydrogens is 154 g/mol. The van der Waals surface area contributed by atoms with Gasteiger partial charge in [0.2, 0.25) is 0 Å². The monoisotopic (exact) mass is 165 g/mol. The Morgan fingerprint density at radius 2 is 2.58 bits per heavy atom. The molecule has 1 aromatic heterocycles. The van der Waals surface area contributed by atoms with Crippen LogP contribution in [0.3, 0.4) is 0 Å². The van der Waals surface area contributed by atoms with Gasteiger partial charge in [0.15, 0.2) is 11.6 Å². The zero-order valence-corrected chi connectivity index (χ0v) is 6.66. The summed E-state index contributed by atoms with van der Waals surface area (Å²) in [6, 6.07) is 3.56. The molecule has 0 saturated heterocycles. The van der Waals surface area contributed by atoms with Crippen LogP contribution in [-0.2, 0) is 0 Å². The summed E-state index contributed by atoms with van der Waals surface area (Å²) in [6.45, 7) is 3.98. The Kier molecular flexibility index (Phi) is 3.10. The highest BCUT2D eigenvalue weighted by molar-refractivity contribution is 5.48. The Bertz CT molecular complexity index is 262. The molecule has 0 spiro atoms.